The highest BCUT2D eigenvalue weighted by Crippen LogP contribution is 2.28. The second-order valence-electron chi connectivity index (χ2n) is 9.16. The quantitative estimate of drug-likeness (QED) is 0.684. The summed E-state index contributed by atoms with van der Waals surface area (Å²) in [4.78, 5) is 34.9. The summed E-state index contributed by atoms with van der Waals surface area (Å²) >= 11 is 0. The standard InChI is InChI=1S/C24H28FN5O2/c1-15(2)28-10-8-20-19(14-28)24(32)30-22(26-20)12-21(27-30)17-6-4-9-29(13-17)23(31)16-5-3-7-18(25)11-16/h3,5,7,11-12,15,17,27H,4,6,8-10,13-14H2,1-2H3/t17-/m0/s1. The number of carbonyl (C=O) groups excluding carboxylic acids is 1. The van der Waals surface area contributed by atoms with Gasteiger partial charge in [-0.1, -0.05) is 6.07 Å². The summed E-state index contributed by atoms with van der Waals surface area (Å²) in [5.41, 5.74) is 3.53. The number of aromatic amines is 1. The van der Waals surface area contributed by atoms with Gasteiger partial charge in [0.15, 0.2) is 5.65 Å². The average molecular weight is 438 g/mol. The Morgan fingerprint density at radius 3 is 2.88 bits per heavy atom. The van der Waals surface area contributed by atoms with Crippen LogP contribution in [-0.2, 0) is 13.0 Å². The van der Waals surface area contributed by atoms with E-state index in [1.54, 1.807) is 21.5 Å². The molecule has 2 aromatic heterocycles. The lowest BCUT2D eigenvalue weighted by atomic mass is 9.94. The van der Waals surface area contributed by atoms with Crippen LogP contribution in [0.5, 0.6) is 0 Å². The number of nitrogens with zero attached hydrogens (tertiary/aromatic N) is 4. The summed E-state index contributed by atoms with van der Waals surface area (Å²) in [6.45, 7) is 6.98. The van der Waals surface area contributed by atoms with Crippen molar-refractivity contribution in [2.45, 2.75) is 51.6 Å². The second kappa shape index (κ2) is 8.16. The van der Waals surface area contributed by atoms with E-state index in [9.17, 15) is 14.0 Å². The Hall–Kier alpha value is -3.00. The first-order valence-electron chi connectivity index (χ1n) is 11.3. The van der Waals surface area contributed by atoms with Crippen LogP contribution in [0.25, 0.3) is 5.65 Å². The molecule has 1 aromatic carbocycles. The predicted octanol–water partition coefficient (Wildman–Crippen LogP) is 2.95. The number of piperidine rings is 1. The molecule has 1 saturated heterocycles. The molecular weight excluding hydrogens is 409 g/mol. The van der Waals surface area contributed by atoms with Gasteiger partial charge in [0.1, 0.15) is 5.82 Å². The van der Waals surface area contributed by atoms with Gasteiger partial charge in [-0.05, 0) is 44.9 Å². The fourth-order valence-corrected chi connectivity index (χ4v) is 4.89. The maximum Gasteiger partial charge on any atom is 0.277 e. The van der Waals surface area contributed by atoms with Gasteiger partial charge in [-0.3, -0.25) is 19.6 Å². The van der Waals surface area contributed by atoms with Crippen LogP contribution in [0.15, 0.2) is 35.1 Å². The molecule has 5 rings (SSSR count). The topological polar surface area (TPSA) is 73.7 Å². The Balaban J connectivity index is 1.42. The summed E-state index contributed by atoms with van der Waals surface area (Å²) in [6, 6.07) is 8.14. The van der Waals surface area contributed by atoms with E-state index in [0.29, 0.717) is 36.9 Å². The van der Waals surface area contributed by atoms with Crippen LogP contribution in [0, 0.1) is 5.82 Å². The predicted molar refractivity (Wildman–Crippen MR) is 119 cm³/mol. The molecule has 1 N–H and O–H groups in total. The third-order valence-corrected chi connectivity index (χ3v) is 6.76. The number of halogens is 1. The van der Waals surface area contributed by atoms with Crippen molar-refractivity contribution in [1.29, 1.82) is 0 Å². The second-order valence-corrected chi connectivity index (χ2v) is 9.16. The van der Waals surface area contributed by atoms with E-state index in [0.717, 1.165) is 42.8 Å². The number of aromatic nitrogens is 3. The summed E-state index contributed by atoms with van der Waals surface area (Å²) in [5.74, 6) is -0.498. The zero-order valence-electron chi connectivity index (χ0n) is 18.5. The zero-order valence-corrected chi connectivity index (χ0v) is 18.5. The molecule has 2 aliphatic heterocycles. The third kappa shape index (κ3) is 3.72. The smallest absolute Gasteiger partial charge is 0.277 e. The summed E-state index contributed by atoms with van der Waals surface area (Å²) < 4.78 is 15.1. The van der Waals surface area contributed by atoms with Gasteiger partial charge in [0.05, 0.1) is 11.3 Å². The fraction of sp³-hybridized carbons (Fsp3) is 0.458. The number of hydrogen-bond acceptors (Lipinski definition) is 4. The molecule has 0 bridgehead atoms. The van der Waals surface area contributed by atoms with Crippen molar-refractivity contribution in [1.82, 2.24) is 24.4 Å². The van der Waals surface area contributed by atoms with E-state index >= 15 is 0 Å². The normalized spacial score (nSPS) is 19.5. The molecule has 0 spiro atoms. The Morgan fingerprint density at radius 1 is 1.25 bits per heavy atom. The highest BCUT2D eigenvalue weighted by Gasteiger charge is 2.28. The highest BCUT2D eigenvalue weighted by atomic mass is 19.1. The number of hydrogen-bond donors (Lipinski definition) is 1. The fourth-order valence-electron chi connectivity index (χ4n) is 4.89. The van der Waals surface area contributed by atoms with Gasteiger partial charge in [-0.25, -0.2) is 13.9 Å². The Kier molecular flexibility index (Phi) is 5.33. The summed E-state index contributed by atoms with van der Waals surface area (Å²) in [5, 5.41) is 3.26. The van der Waals surface area contributed by atoms with Gasteiger partial charge >= 0.3 is 0 Å². The van der Waals surface area contributed by atoms with E-state index in [1.807, 2.05) is 6.07 Å². The summed E-state index contributed by atoms with van der Waals surface area (Å²) in [7, 11) is 0. The van der Waals surface area contributed by atoms with Gasteiger partial charge in [0.2, 0.25) is 0 Å². The van der Waals surface area contributed by atoms with E-state index in [4.69, 9.17) is 4.98 Å². The van der Waals surface area contributed by atoms with Crippen molar-refractivity contribution >= 4 is 11.6 Å². The molecule has 3 aromatic rings. The van der Waals surface area contributed by atoms with Crippen molar-refractivity contribution < 1.29 is 9.18 Å². The number of rotatable bonds is 3. The monoisotopic (exact) mass is 437 g/mol. The lowest BCUT2D eigenvalue weighted by Crippen LogP contribution is -2.40. The summed E-state index contributed by atoms with van der Waals surface area (Å²) in [6.07, 6.45) is 2.54. The minimum Gasteiger partial charge on any atom is -0.338 e. The van der Waals surface area contributed by atoms with Crippen molar-refractivity contribution in [3.8, 4) is 0 Å². The number of benzene rings is 1. The molecule has 32 heavy (non-hydrogen) atoms. The van der Waals surface area contributed by atoms with Crippen LogP contribution in [-0.4, -0.2) is 56.0 Å². The zero-order chi connectivity index (χ0) is 22.4. The lowest BCUT2D eigenvalue weighted by Gasteiger charge is -2.32. The molecule has 4 heterocycles. The lowest BCUT2D eigenvalue weighted by molar-refractivity contribution is 0.0705. The van der Waals surface area contributed by atoms with E-state index in [2.05, 4.69) is 23.8 Å². The minimum atomic E-state index is -0.412. The number of nitrogens with one attached hydrogen (secondary N) is 1. The maximum absolute atomic E-state index is 13.6. The number of fused-ring (bicyclic) bond motifs is 2. The van der Waals surface area contributed by atoms with Crippen molar-refractivity contribution in [2.75, 3.05) is 19.6 Å². The first-order valence-corrected chi connectivity index (χ1v) is 11.3. The first-order chi connectivity index (χ1) is 15.4. The van der Waals surface area contributed by atoms with Gasteiger partial charge < -0.3 is 4.90 Å². The Labute approximate surface area is 185 Å². The van der Waals surface area contributed by atoms with Crippen molar-refractivity contribution in [3.05, 3.63) is 69.0 Å². The molecule has 7 nitrogen and oxygen atoms in total. The average Bonchev–Trinajstić information content (AvgIpc) is 3.23. The molecule has 1 amide bonds. The molecule has 0 aliphatic carbocycles. The molecule has 0 radical (unpaired) electrons. The van der Waals surface area contributed by atoms with Gasteiger partial charge in [0.25, 0.3) is 11.5 Å². The number of likely N-dealkylation sites (tertiary alicyclic amines) is 1. The van der Waals surface area contributed by atoms with Crippen LogP contribution in [0.1, 0.15) is 59.9 Å². The largest absolute Gasteiger partial charge is 0.338 e. The maximum atomic E-state index is 13.6. The Bertz CT molecular complexity index is 1230. The van der Waals surface area contributed by atoms with E-state index in [-0.39, 0.29) is 17.4 Å². The third-order valence-electron chi connectivity index (χ3n) is 6.76. The van der Waals surface area contributed by atoms with Crippen molar-refractivity contribution in [3.63, 3.8) is 0 Å². The van der Waals surface area contributed by atoms with Crippen LogP contribution < -0.4 is 5.56 Å². The number of amides is 1. The minimum absolute atomic E-state index is 0.0369. The van der Waals surface area contributed by atoms with Gasteiger partial charge in [-0.2, -0.15) is 0 Å². The number of H-pyrrole nitrogens is 1. The van der Waals surface area contributed by atoms with E-state index in [1.165, 1.54) is 12.1 Å². The number of carbonyl (C=O) groups is 1. The van der Waals surface area contributed by atoms with Gasteiger partial charge in [0, 0.05) is 61.9 Å². The molecule has 8 heteroatoms. The first kappa shape index (κ1) is 20.9. The van der Waals surface area contributed by atoms with E-state index < -0.39 is 5.82 Å². The molecule has 2 aliphatic rings. The molecule has 1 atom stereocenters. The molecule has 0 saturated carbocycles. The van der Waals surface area contributed by atoms with Crippen LogP contribution in [0.3, 0.4) is 0 Å². The van der Waals surface area contributed by atoms with Crippen LogP contribution >= 0.6 is 0 Å². The molecule has 0 unspecified atom stereocenters. The SMILES string of the molecule is CC(C)N1CCc2nc3cc([C@H]4CCCN(C(=O)c5cccc(F)c5)C4)[nH]n3c(=O)c2C1. The van der Waals surface area contributed by atoms with Crippen LogP contribution in [0.4, 0.5) is 4.39 Å². The van der Waals surface area contributed by atoms with Gasteiger partial charge in [-0.15, -0.1) is 0 Å². The molecule has 168 valence electrons. The molecule has 1 fully saturated rings. The highest BCUT2D eigenvalue weighted by molar-refractivity contribution is 5.94. The molecular formula is C24H28FN5O2. The Morgan fingerprint density at radius 2 is 2.09 bits per heavy atom. The van der Waals surface area contributed by atoms with Crippen molar-refractivity contribution in [2.24, 2.45) is 0 Å². The van der Waals surface area contributed by atoms with Crippen LogP contribution in [0.2, 0.25) is 0 Å².